The van der Waals surface area contributed by atoms with Gasteiger partial charge in [-0.1, -0.05) is 24.3 Å². The summed E-state index contributed by atoms with van der Waals surface area (Å²) in [5.74, 6) is 1.22. The molecule has 0 radical (unpaired) electrons. The molecule has 0 saturated carbocycles. The van der Waals surface area contributed by atoms with Crippen LogP contribution in [0.3, 0.4) is 0 Å². The van der Waals surface area contributed by atoms with E-state index in [0.717, 1.165) is 22.5 Å². The van der Waals surface area contributed by atoms with Crippen molar-refractivity contribution in [2.45, 2.75) is 0 Å². The second-order valence-corrected chi connectivity index (χ2v) is 10.4. The van der Waals surface area contributed by atoms with Gasteiger partial charge in [-0.25, -0.2) is 10.9 Å². The molecule has 0 atom stereocenters. The van der Waals surface area contributed by atoms with Crippen LogP contribution >= 0.6 is 46.4 Å². The molecule has 3 aromatic rings. The number of alkyl halides is 4. The lowest BCUT2D eigenvalue weighted by Gasteiger charge is -2.22. The fourth-order valence-corrected chi connectivity index (χ4v) is 4.74. The molecular formula is C30H32Cl4N6O2. The first-order valence-electron chi connectivity index (χ1n) is 13.2. The number of nitrogens with zero attached hydrogens (tertiary/aromatic N) is 4. The Morgan fingerprint density at radius 1 is 0.548 bits per heavy atom. The van der Waals surface area contributed by atoms with Gasteiger partial charge in [-0.3, -0.25) is 9.59 Å². The SMILES string of the molecule is O=C(N/N=C\c1ccc(N(CCCl)CCCl)cc1)c1ccc(C(=O)N/N=C\c2ccc(N(CCCl)CCCl)cc2)cc1. The van der Waals surface area contributed by atoms with E-state index in [-0.39, 0.29) is 0 Å². The van der Waals surface area contributed by atoms with Crippen molar-refractivity contribution in [2.24, 2.45) is 10.2 Å². The van der Waals surface area contributed by atoms with Crippen molar-refractivity contribution in [3.63, 3.8) is 0 Å². The van der Waals surface area contributed by atoms with E-state index in [1.165, 1.54) is 0 Å². The lowest BCUT2D eigenvalue weighted by molar-refractivity contribution is 0.0943. The van der Waals surface area contributed by atoms with Gasteiger partial charge in [-0.2, -0.15) is 10.2 Å². The van der Waals surface area contributed by atoms with Gasteiger partial charge in [0.1, 0.15) is 0 Å². The topological polar surface area (TPSA) is 89.4 Å². The summed E-state index contributed by atoms with van der Waals surface area (Å²) in [6.45, 7) is 2.80. The van der Waals surface area contributed by atoms with E-state index in [9.17, 15) is 9.59 Å². The molecular weight excluding hydrogens is 618 g/mol. The maximum absolute atomic E-state index is 12.5. The Hall–Kier alpha value is -3.30. The van der Waals surface area contributed by atoms with E-state index in [4.69, 9.17) is 46.4 Å². The number of benzene rings is 3. The predicted molar refractivity (Wildman–Crippen MR) is 177 cm³/mol. The zero-order chi connectivity index (χ0) is 30.2. The highest BCUT2D eigenvalue weighted by atomic mass is 35.5. The summed E-state index contributed by atoms with van der Waals surface area (Å²) in [6.07, 6.45) is 3.11. The molecule has 222 valence electrons. The largest absolute Gasteiger partial charge is 0.369 e. The monoisotopic (exact) mass is 648 g/mol. The Labute approximate surface area is 266 Å². The lowest BCUT2D eigenvalue weighted by atomic mass is 10.1. The van der Waals surface area contributed by atoms with Crippen LogP contribution in [0.5, 0.6) is 0 Å². The maximum atomic E-state index is 12.5. The molecule has 0 spiro atoms. The molecule has 12 heteroatoms. The van der Waals surface area contributed by atoms with Gasteiger partial charge < -0.3 is 9.80 Å². The predicted octanol–water partition coefficient (Wildman–Crippen LogP) is 5.78. The van der Waals surface area contributed by atoms with Gasteiger partial charge in [-0.15, -0.1) is 46.4 Å². The van der Waals surface area contributed by atoms with Crippen molar-refractivity contribution in [1.82, 2.24) is 10.9 Å². The van der Waals surface area contributed by atoms with Crippen molar-refractivity contribution < 1.29 is 9.59 Å². The Bertz CT molecular complexity index is 1200. The standard InChI is InChI=1S/C30H32Cl4N6O2/c31-13-17-39(18-14-32)27-9-1-23(2-10-27)21-35-37-29(41)25-5-7-26(8-6-25)30(42)38-36-22-24-3-11-28(12-4-24)40(19-15-33)20-16-34/h1-12,21-22H,13-20H2,(H,37,41)(H,38,42)/b35-21-,36-22-. The smallest absolute Gasteiger partial charge is 0.271 e. The Morgan fingerprint density at radius 2 is 0.857 bits per heavy atom. The van der Waals surface area contributed by atoms with E-state index >= 15 is 0 Å². The zero-order valence-electron chi connectivity index (χ0n) is 22.9. The number of hydrogen-bond donors (Lipinski definition) is 2. The van der Waals surface area contributed by atoms with Crippen molar-refractivity contribution >= 4 is 82.0 Å². The van der Waals surface area contributed by atoms with E-state index in [1.807, 2.05) is 48.5 Å². The molecule has 0 aliphatic rings. The van der Waals surface area contributed by atoms with Crippen LogP contribution in [-0.4, -0.2) is 73.9 Å². The first-order chi connectivity index (χ1) is 20.5. The maximum Gasteiger partial charge on any atom is 0.271 e. The van der Waals surface area contributed by atoms with Crippen LogP contribution < -0.4 is 20.7 Å². The summed E-state index contributed by atoms with van der Waals surface area (Å²) in [5.41, 5.74) is 9.37. The molecule has 0 aromatic heterocycles. The third-order valence-corrected chi connectivity index (χ3v) is 6.78. The van der Waals surface area contributed by atoms with Crippen molar-refractivity contribution in [3.8, 4) is 0 Å². The minimum Gasteiger partial charge on any atom is -0.369 e. The minimum absolute atomic E-state index is 0.359. The molecule has 0 unspecified atom stereocenters. The van der Waals surface area contributed by atoms with Crippen molar-refractivity contribution in [2.75, 3.05) is 59.5 Å². The molecule has 2 N–H and O–H groups in total. The van der Waals surface area contributed by atoms with Gasteiger partial charge in [0.05, 0.1) is 12.4 Å². The molecule has 3 rings (SSSR count). The Balaban J connectivity index is 1.49. The number of anilines is 2. The molecule has 3 aromatic carbocycles. The fraction of sp³-hybridized carbons (Fsp3) is 0.267. The average Bonchev–Trinajstić information content (AvgIpc) is 3.01. The Morgan fingerprint density at radius 3 is 1.14 bits per heavy atom. The van der Waals surface area contributed by atoms with E-state index in [0.29, 0.717) is 60.8 Å². The fourth-order valence-electron chi connectivity index (χ4n) is 3.92. The third kappa shape index (κ3) is 10.5. The highest BCUT2D eigenvalue weighted by molar-refractivity contribution is 6.19. The summed E-state index contributed by atoms with van der Waals surface area (Å²) in [7, 11) is 0. The first-order valence-corrected chi connectivity index (χ1v) is 15.3. The number of hydrazone groups is 2. The van der Waals surface area contributed by atoms with Gasteiger partial charge in [0.2, 0.25) is 0 Å². The van der Waals surface area contributed by atoms with Gasteiger partial charge >= 0.3 is 0 Å². The molecule has 0 aliphatic carbocycles. The highest BCUT2D eigenvalue weighted by Crippen LogP contribution is 2.16. The van der Waals surface area contributed by atoms with Crippen LogP contribution in [0.25, 0.3) is 0 Å². The van der Waals surface area contributed by atoms with Crippen molar-refractivity contribution in [3.05, 3.63) is 95.1 Å². The molecule has 0 fully saturated rings. The van der Waals surface area contributed by atoms with Crippen LogP contribution in [0.2, 0.25) is 0 Å². The number of carbonyl (C=O) groups is 2. The van der Waals surface area contributed by atoms with E-state index < -0.39 is 11.8 Å². The van der Waals surface area contributed by atoms with Gasteiger partial charge in [-0.05, 0) is 59.7 Å². The number of carbonyl (C=O) groups excluding carboxylic acids is 2. The Kier molecular flexibility index (Phi) is 14.5. The molecule has 42 heavy (non-hydrogen) atoms. The average molecular weight is 650 g/mol. The summed E-state index contributed by atoms with van der Waals surface area (Å²) in [4.78, 5) is 29.1. The van der Waals surface area contributed by atoms with Crippen LogP contribution in [-0.2, 0) is 0 Å². The molecule has 8 nitrogen and oxygen atoms in total. The van der Waals surface area contributed by atoms with Crippen LogP contribution in [0.4, 0.5) is 11.4 Å². The van der Waals surface area contributed by atoms with E-state index in [1.54, 1.807) is 36.7 Å². The van der Waals surface area contributed by atoms with Crippen molar-refractivity contribution in [1.29, 1.82) is 0 Å². The molecule has 0 heterocycles. The number of hydrogen-bond acceptors (Lipinski definition) is 6. The summed E-state index contributed by atoms with van der Waals surface area (Å²) in [6, 6.07) is 21.6. The number of nitrogens with one attached hydrogen (secondary N) is 2. The summed E-state index contributed by atoms with van der Waals surface area (Å²) in [5, 5.41) is 8.06. The van der Waals surface area contributed by atoms with Crippen LogP contribution in [0.15, 0.2) is 83.0 Å². The minimum atomic E-state index is -0.401. The van der Waals surface area contributed by atoms with Crippen LogP contribution in [0, 0.1) is 0 Å². The molecule has 0 bridgehead atoms. The normalized spacial score (nSPS) is 11.1. The second-order valence-electron chi connectivity index (χ2n) is 8.89. The van der Waals surface area contributed by atoms with Gasteiger partial charge in [0.15, 0.2) is 0 Å². The number of amides is 2. The zero-order valence-corrected chi connectivity index (χ0v) is 25.9. The third-order valence-electron chi connectivity index (χ3n) is 6.10. The lowest BCUT2D eigenvalue weighted by Crippen LogP contribution is -2.27. The summed E-state index contributed by atoms with van der Waals surface area (Å²) < 4.78 is 0. The van der Waals surface area contributed by atoms with E-state index in [2.05, 4.69) is 30.9 Å². The second kappa shape index (κ2) is 18.3. The highest BCUT2D eigenvalue weighted by Gasteiger charge is 2.09. The van der Waals surface area contributed by atoms with Gasteiger partial charge in [0, 0.05) is 72.2 Å². The van der Waals surface area contributed by atoms with Crippen LogP contribution in [0.1, 0.15) is 31.8 Å². The molecule has 2 amide bonds. The summed E-state index contributed by atoms with van der Waals surface area (Å²) >= 11 is 23.5. The first kappa shape index (κ1) is 33.2. The number of halogens is 4. The van der Waals surface area contributed by atoms with Gasteiger partial charge in [0.25, 0.3) is 11.8 Å². The molecule has 0 aliphatic heterocycles. The number of rotatable bonds is 16. The molecule has 0 saturated heterocycles. The quantitative estimate of drug-likeness (QED) is 0.117.